The van der Waals surface area contributed by atoms with E-state index in [4.69, 9.17) is 14.2 Å². The van der Waals surface area contributed by atoms with Gasteiger partial charge in [-0.05, 0) is 36.4 Å². The lowest BCUT2D eigenvalue weighted by molar-refractivity contribution is -0.0619. The van der Waals surface area contributed by atoms with E-state index in [1.807, 2.05) is 6.92 Å². The predicted octanol–water partition coefficient (Wildman–Crippen LogP) is 2.77. The van der Waals surface area contributed by atoms with Crippen molar-refractivity contribution in [1.82, 2.24) is 0 Å². The van der Waals surface area contributed by atoms with E-state index in [2.05, 4.69) is 22.6 Å². The zero-order valence-corrected chi connectivity index (χ0v) is 11.6. The van der Waals surface area contributed by atoms with Gasteiger partial charge in [0.1, 0.15) is 17.2 Å². The Labute approximate surface area is 109 Å². The Bertz CT molecular complexity index is 354. The Morgan fingerprint density at radius 1 is 1.38 bits per heavy atom. The van der Waals surface area contributed by atoms with Crippen molar-refractivity contribution in [3.05, 3.63) is 15.7 Å². The summed E-state index contributed by atoms with van der Waals surface area (Å²) in [6, 6.07) is 3.08. The molecule has 1 aromatic carbocycles. The average Bonchev–Trinajstić information content (AvgIpc) is 2.23. The van der Waals surface area contributed by atoms with Crippen LogP contribution in [0.1, 0.15) is 13.8 Å². The number of methoxy groups -OCH3 is 1. The molecule has 0 saturated heterocycles. The summed E-state index contributed by atoms with van der Waals surface area (Å²) >= 11 is 2.10. The van der Waals surface area contributed by atoms with E-state index >= 15 is 0 Å². The molecule has 0 aliphatic heterocycles. The SMILES string of the molecule is CCOC(C)Oc1cc(O)cc(OC)c1I. The molecule has 1 unspecified atom stereocenters. The second-order valence-corrected chi connectivity index (χ2v) is 4.18. The summed E-state index contributed by atoms with van der Waals surface area (Å²) in [5, 5.41) is 9.49. The summed E-state index contributed by atoms with van der Waals surface area (Å²) in [6.45, 7) is 4.28. The molecule has 1 aromatic rings. The molecule has 0 spiro atoms. The van der Waals surface area contributed by atoms with Crippen molar-refractivity contribution in [2.24, 2.45) is 0 Å². The van der Waals surface area contributed by atoms with Crippen LogP contribution in [0.15, 0.2) is 12.1 Å². The van der Waals surface area contributed by atoms with Crippen molar-refractivity contribution < 1.29 is 19.3 Å². The number of benzene rings is 1. The van der Waals surface area contributed by atoms with Crippen LogP contribution in [-0.4, -0.2) is 25.1 Å². The highest BCUT2D eigenvalue weighted by atomic mass is 127. The van der Waals surface area contributed by atoms with Gasteiger partial charge in [0.05, 0.1) is 10.7 Å². The van der Waals surface area contributed by atoms with Gasteiger partial charge in [0.15, 0.2) is 6.29 Å². The maximum Gasteiger partial charge on any atom is 0.197 e. The molecular weight excluding hydrogens is 323 g/mol. The summed E-state index contributed by atoms with van der Waals surface area (Å²) < 4.78 is 16.7. The van der Waals surface area contributed by atoms with Crippen LogP contribution in [0.2, 0.25) is 0 Å². The molecule has 1 rings (SSSR count). The molecule has 0 aromatic heterocycles. The largest absolute Gasteiger partial charge is 0.508 e. The van der Waals surface area contributed by atoms with Crippen molar-refractivity contribution in [3.8, 4) is 17.2 Å². The van der Waals surface area contributed by atoms with Crippen LogP contribution in [0.4, 0.5) is 0 Å². The molecular formula is C11H15IO4. The minimum absolute atomic E-state index is 0.107. The van der Waals surface area contributed by atoms with E-state index in [1.54, 1.807) is 26.2 Å². The zero-order chi connectivity index (χ0) is 12.1. The lowest BCUT2D eigenvalue weighted by atomic mass is 10.3. The molecule has 0 saturated carbocycles. The standard InChI is InChI=1S/C11H15IO4/c1-4-15-7(2)16-10-6-8(13)5-9(14-3)11(10)12/h5-7,13H,4H2,1-3H3. The van der Waals surface area contributed by atoms with E-state index < -0.39 is 0 Å². The van der Waals surface area contributed by atoms with E-state index in [1.165, 1.54) is 0 Å². The molecule has 90 valence electrons. The number of rotatable bonds is 5. The number of hydrogen-bond acceptors (Lipinski definition) is 4. The van der Waals surface area contributed by atoms with E-state index in [-0.39, 0.29) is 12.0 Å². The third-order valence-electron chi connectivity index (χ3n) is 1.90. The summed E-state index contributed by atoms with van der Waals surface area (Å²) in [5.74, 6) is 1.24. The third kappa shape index (κ3) is 3.41. The Morgan fingerprint density at radius 3 is 2.56 bits per heavy atom. The number of phenols is 1. The second-order valence-electron chi connectivity index (χ2n) is 3.10. The summed E-state index contributed by atoms with van der Waals surface area (Å²) in [5.41, 5.74) is 0. The highest BCUT2D eigenvalue weighted by Gasteiger charge is 2.12. The predicted molar refractivity (Wildman–Crippen MR) is 69.1 cm³/mol. The van der Waals surface area contributed by atoms with Gasteiger partial charge < -0.3 is 19.3 Å². The molecule has 0 heterocycles. The smallest absolute Gasteiger partial charge is 0.197 e. The number of aromatic hydroxyl groups is 1. The molecule has 1 atom stereocenters. The molecule has 0 fully saturated rings. The second kappa shape index (κ2) is 6.15. The van der Waals surface area contributed by atoms with Gasteiger partial charge in [-0.25, -0.2) is 0 Å². The van der Waals surface area contributed by atoms with Gasteiger partial charge in [0.25, 0.3) is 0 Å². The average molecular weight is 338 g/mol. The first kappa shape index (κ1) is 13.4. The third-order valence-corrected chi connectivity index (χ3v) is 2.97. The van der Waals surface area contributed by atoms with Crippen molar-refractivity contribution in [2.75, 3.05) is 13.7 Å². The van der Waals surface area contributed by atoms with Crippen molar-refractivity contribution in [2.45, 2.75) is 20.1 Å². The normalized spacial score (nSPS) is 12.2. The monoisotopic (exact) mass is 338 g/mol. The Kier molecular flexibility index (Phi) is 5.14. The van der Waals surface area contributed by atoms with Gasteiger partial charge in [-0.2, -0.15) is 0 Å². The molecule has 0 amide bonds. The molecule has 0 aliphatic rings. The minimum atomic E-state index is -0.356. The van der Waals surface area contributed by atoms with Crippen molar-refractivity contribution >= 4 is 22.6 Å². The lowest BCUT2D eigenvalue weighted by Crippen LogP contribution is -2.16. The molecule has 0 aliphatic carbocycles. The van der Waals surface area contributed by atoms with E-state index in [9.17, 15) is 5.11 Å². The Hall–Kier alpha value is -0.690. The Morgan fingerprint density at radius 2 is 2.00 bits per heavy atom. The summed E-state index contributed by atoms with van der Waals surface area (Å²) in [4.78, 5) is 0. The van der Waals surface area contributed by atoms with E-state index in [0.29, 0.717) is 18.1 Å². The zero-order valence-electron chi connectivity index (χ0n) is 9.49. The maximum atomic E-state index is 9.49. The topological polar surface area (TPSA) is 47.9 Å². The first-order valence-corrected chi connectivity index (χ1v) is 6.01. The van der Waals surface area contributed by atoms with Crippen molar-refractivity contribution in [1.29, 1.82) is 0 Å². The Balaban J connectivity index is 2.90. The number of ether oxygens (including phenoxy) is 3. The minimum Gasteiger partial charge on any atom is -0.508 e. The highest BCUT2D eigenvalue weighted by molar-refractivity contribution is 14.1. The molecule has 0 radical (unpaired) electrons. The maximum absolute atomic E-state index is 9.49. The number of phenolic OH excluding ortho intramolecular Hbond substituents is 1. The van der Waals surface area contributed by atoms with Gasteiger partial charge in [-0.15, -0.1) is 0 Å². The molecule has 4 nitrogen and oxygen atoms in total. The molecule has 16 heavy (non-hydrogen) atoms. The van der Waals surface area contributed by atoms with Crippen LogP contribution < -0.4 is 9.47 Å². The fourth-order valence-corrected chi connectivity index (χ4v) is 1.90. The van der Waals surface area contributed by atoms with Crippen LogP contribution in [0, 0.1) is 3.57 Å². The number of hydrogen-bond donors (Lipinski definition) is 1. The van der Waals surface area contributed by atoms with Gasteiger partial charge in [-0.1, -0.05) is 0 Å². The first-order valence-electron chi connectivity index (χ1n) is 4.93. The van der Waals surface area contributed by atoms with Crippen LogP contribution in [-0.2, 0) is 4.74 Å². The quantitative estimate of drug-likeness (QED) is 0.663. The van der Waals surface area contributed by atoms with Gasteiger partial charge in [0, 0.05) is 18.7 Å². The van der Waals surface area contributed by atoms with Gasteiger partial charge >= 0.3 is 0 Å². The fourth-order valence-electron chi connectivity index (χ4n) is 1.24. The summed E-state index contributed by atoms with van der Waals surface area (Å²) in [6.07, 6.45) is -0.356. The number of halogens is 1. The van der Waals surface area contributed by atoms with Crippen LogP contribution in [0.3, 0.4) is 0 Å². The van der Waals surface area contributed by atoms with E-state index in [0.717, 1.165) is 3.57 Å². The van der Waals surface area contributed by atoms with Crippen LogP contribution in [0.5, 0.6) is 17.2 Å². The lowest BCUT2D eigenvalue weighted by Gasteiger charge is -2.16. The first-order chi connectivity index (χ1) is 7.58. The fraction of sp³-hybridized carbons (Fsp3) is 0.455. The molecule has 0 bridgehead atoms. The van der Waals surface area contributed by atoms with Gasteiger partial charge in [0.2, 0.25) is 0 Å². The van der Waals surface area contributed by atoms with Crippen LogP contribution >= 0.6 is 22.6 Å². The van der Waals surface area contributed by atoms with Gasteiger partial charge in [-0.3, -0.25) is 0 Å². The highest BCUT2D eigenvalue weighted by Crippen LogP contribution is 2.35. The molecule has 1 N–H and O–H groups in total. The van der Waals surface area contributed by atoms with Crippen LogP contribution in [0.25, 0.3) is 0 Å². The van der Waals surface area contributed by atoms with Crippen molar-refractivity contribution in [3.63, 3.8) is 0 Å². The summed E-state index contributed by atoms with van der Waals surface area (Å²) in [7, 11) is 1.55. The molecule has 5 heteroatoms.